The van der Waals surface area contributed by atoms with Gasteiger partial charge in [-0.3, -0.25) is 4.79 Å². The molecule has 0 aromatic heterocycles. The van der Waals surface area contributed by atoms with Crippen LogP contribution in [0.4, 0.5) is 0 Å². The number of ether oxygens (including phenoxy) is 1. The van der Waals surface area contributed by atoms with Gasteiger partial charge >= 0.3 is 0 Å². The normalized spacial score (nSPS) is 33.3. The monoisotopic (exact) mass is 298 g/mol. The summed E-state index contributed by atoms with van der Waals surface area (Å²) in [5.41, 5.74) is 4.27. The Balaban J connectivity index is 1.86. The number of hydrogen-bond donors (Lipinski definition) is 1. The molecule has 3 heteroatoms. The van der Waals surface area contributed by atoms with E-state index in [4.69, 9.17) is 4.74 Å². The fraction of sp³-hybridized carbons (Fsp3) is 0.526. The molecule has 3 aliphatic carbocycles. The molecule has 0 aliphatic heterocycles. The number of rotatable bonds is 1. The molecule has 0 heterocycles. The molecule has 3 atom stereocenters. The molecule has 0 amide bonds. The van der Waals surface area contributed by atoms with Gasteiger partial charge in [0.05, 0.1) is 18.6 Å². The summed E-state index contributed by atoms with van der Waals surface area (Å²) in [7, 11) is 1.71. The smallest absolute Gasteiger partial charge is 0.146 e. The van der Waals surface area contributed by atoms with Gasteiger partial charge in [-0.05, 0) is 56.2 Å². The third-order valence-electron chi connectivity index (χ3n) is 5.92. The van der Waals surface area contributed by atoms with E-state index in [9.17, 15) is 9.90 Å². The van der Waals surface area contributed by atoms with Gasteiger partial charge in [-0.1, -0.05) is 17.7 Å². The minimum absolute atomic E-state index is 0.0355. The van der Waals surface area contributed by atoms with Crippen molar-refractivity contribution < 1.29 is 14.6 Å². The molecule has 1 aromatic rings. The molecule has 3 aliphatic rings. The van der Waals surface area contributed by atoms with Gasteiger partial charge in [-0.2, -0.15) is 0 Å². The molecule has 0 saturated heterocycles. The van der Waals surface area contributed by atoms with Crippen LogP contribution in [0.2, 0.25) is 0 Å². The van der Waals surface area contributed by atoms with E-state index in [2.05, 4.69) is 6.07 Å². The van der Waals surface area contributed by atoms with Crippen LogP contribution in [-0.4, -0.2) is 23.6 Å². The maximum absolute atomic E-state index is 12.7. The maximum Gasteiger partial charge on any atom is 0.146 e. The van der Waals surface area contributed by atoms with E-state index in [-0.39, 0.29) is 17.6 Å². The fourth-order valence-corrected chi connectivity index (χ4v) is 4.68. The Morgan fingerprint density at radius 1 is 1.32 bits per heavy atom. The Kier molecular flexibility index (Phi) is 2.99. The van der Waals surface area contributed by atoms with Crippen molar-refractivity contribution in [3.8, 4) is 5.75 Å². The summed E-state index contributed by atoms with van der Waals surface area (Å²) in [4.78, 5) is 12.7. The highest BCUT2D eigenvalue weighted by molar-refractivity contribution is 5.95. The third kappa shape index (κ3) is 1.81. The summed E-state index contributed by atoms with van der Waals surface area (Å²) in [6, 6.07) is 6.18. The van der Waals surface area contributed by atoms with Crippen molar-refractivity contribution in [2.45, 2.75) is 44.6 Å². The predicted octanol–water partition coefficient (Wildman–Crippen LogP) is 3.15. The Morgan fingerprint density at radius 3 is 2.91 bits per heavy atom. The zero-order chi connectivity index (χ0) is 15.5. The van der Waals surface area contributed by atoms with Crippen molar-refractivity contribution in [3.63, 3.8) is 0 Å². The highest BCUT2D eigenvalue weighted by atomic mass is 16.5. The second kappa shape index (κ2) is 4.69. The van der Waals surface area contributed by atoms with Gasteiger partial charge in [0.25, 0.3) is 0 Å². The molecule has 2 bridgehead atoms. The number of methoxy groups -OCH3 is 1. The van der Waals surface area contributed by atoms with Gasteiger partial charge in [-0.15, -0.1) is 0 Å². The zero-order valence-electron chi connectivity index (χ0n) is 13.2. The number of carbonyl (C=O) groups excluding carboxylic acids is 1. The third-order valence-corrected chi connectivity index (χ3v) is 5.92. The Hall–Kier alpha value is -1.61. The average molecular weight is 298 g/mol. The van der Waals surface area contributed by atoms with Crippen LogP contribution >= 0.6 is 0 Å². The quantitative estimate of drug-likeness (QED) is 0.866. The molecule has 116 valence electrons. The lowest BCUT2D eigenvalue weighted by Gasteiger charge is -2.46. The number of fused-ring (bicyclic) bond motifs is 5. The first-order valence-electron chi connectivity index (χ1n) is 8.17. The molecule has 0 spiro atoms. The molecule has 4 rings (SSSR count). The molecular weight excluding hydrogens is 276 g/mol. The van der Waals surface area contributed by atoms with Crippen LogP contribution in [0.25, 0.3) is 5.57 Å². The van der Waals surface area contributed by atoms with E-state index >= 15 is 0 Å². The molecule has 1 aromatic carbocycles. The standard InChI is InChI=1S/C19H22O3/c1-19(21)9-8-14-12-6-7-13-11(4-3-5-17(13)22-2)15(12)10-16(19)18(14)20/h3-5,14,16,21H,6-10H2,1-2H3/t14-,16+,19-/m0/s1. The van der Waals surface area contributed by atoms with Gasteiger partial charge in [0.1, 0.15) is 11.5 Å². The largest absolute Gasteiger partial charge is 0.496 e. The molecule has 1 fully saturated rings. The summed E-state index contributed by atoms with van der Waals surface area (Å²) < 4.78 is 5.51. The zero-order valence-corrected chi connectivity index (χ0v) is 13.2. The number of hydrogen-bond acceptors (Lipinski definition) is 3. The van der Waals surface area contributed by atoms with E-state index in [1.54, 1.807) is 7.11 Å². The molecule has 1 saturated carbocycles. The molecule has 0 unspecified atom stereocenters. The van der Waals surface area contributed by atoms with E-state index in [0.29, 0.717) is 6.42 Å². The summed E-state index contributed by atoms with van der Waals surface area (Å²) in [5.74, 6) is 0.995. The minimum atomic E-state index is -0.859. The second-order valence-electron chi connectivity index (χ2n) is 7.10. The predicted molar refractivity (Wildman–Crippen MR) is 84.7 cm³/mol. The molecule has 1 N–H and O–H groups in total. The summed E-state index contributed by atoms with van der Waals surface area (Å²) >= 11 is 0. The van der Waals surface area contributed by atoms with Crippen molar-refractivity contribution in [2.24, 2.45) is 11.8 Å². The Morgan fingerprint density at radius 2 is 2.14 bits per heavy atom. The number of benzene rings is 1. The number of carbonyl (C=O) groups is 1. The summed E-state index contributed by atoms with van der Waals surface area (Å²) in [6.07, 6.45) is 4.10. The SMILES string of the molecule is COc1cccc2c1CCC1=C2C[C@@H]2C(=O)[C@H]1CC[C@]2(C)O. The van der Waals surface area contributed by atoms with Crippen LogP contribution in [0, 0.1) is 11.8 Å². The molecular formula is C19H22O3. The maximum atomic E-state index is 12.7. The highest BCUT2D eigenvalue weighted by Crippen LogP contribution is 2.52. The first-order chi connectivity index (χ1) is 10.5. The van der Waals surface area contributed by atoms with Crippen molar-refractivity contribution >= 4 is 11.4 Å². The topological polar surface area (TPSA) is 46.5 Å². The lowest BCUT2D eigenvalue weighted by Crippen LogP contribution is -2.50. The van der Waals surface area contributed by atoms with E-state index < -0.39 is 5.60 Å². The van der Waals surface area contributed by atoms with Gasteiger partial charge in [-0.25, -0.2) is 0 Å². The lowest BCUT2D eigenvalue weighted by molar-refractivity contribution is -0.141. The Labute approximate surface area is 131 Å². The number of Topliss-reactive ketones (excluding diaryl/α,β-unsaturated/α-hetero) is 1. The van der Waals surface area contributed by atoms with E-state index in [1.807, 2.05) is 19.1 Å². The first kappa shape index (κ1) is 14.0. The van der Waals surface area contributed by atoms with Gasteiger partial charge in [0.2, 0.25) is 0 Å². The van der Waals surface area contributed by atoms with Crippen molar-refractivity contribution in [1.29, 1.82) is 0 Å². The Bertz CT molecular complexity index is 684. The number of aliphatic hydroxyl groups is 1. The fourth-order valence-electron chi connectivity index (χ4n) is 4.68. The first-order valence-corrected chi connectivity index (χ1v) is 8.17. The van der Waals surface area contributed by atoms with Gasteiger partial charge < -0.3 is 9.84 Å². The summed E-state index contributed by atoms with van der Waals surface area (Å²) in [5, 5.41) is 10.6. The molecule has 3 nitrogen and oxygen atoms in total. The van der Waals surface area contributed by atoms with Crippen LogP contribution in [0.3, 0.4) is 0 Å². The molecule has 0 radical (unpaired) electrons. The minimum Gasteiger partial charge on any atom is -0.496 e. The second-order valence-corrected chi connectivity index (χ2v) is 7.10. The van der Waals surface area contributed by atoms with E-state index in [0.717, 1.165) is 31.4 Å². The summed E-state index contributed by atoms with van der Waals surface area (Å²) in [6.45, 7) is 1.83. The van der Waals surface area contributed by atoms with Crippen molar-refractivity contribution in [3.05, 3.63) is 34.9 Å². The van der Waals surface area contributed by atoms with Gasteiger partial charge in [0.15, 0.2) is 0 Å². The van der Waals surface area contributed by atoms with Gasteiger partial charge in [0, 0.05) is 11.5 Å². The average Bonchev–Trinajstić information content (AvgIpc) is 2.50. The van der Waals surface area contributed by atoms with Crippen molar-refractivity contribution in [1.82, 2.24) is 0 Å². The van der Waals surface area contributed by atoms with Crippen LogP contribution in [0.1, 0.15) is 43.7 Å². The number of ketones is 1. The van der Waals surface area contributed by atoms with Crippen LogP contribution < -0.4 is 4.74 Å². The van der Waals surface area contributed by atoms with Crippen molar-refractivity contribution in [2.75, 3.05) is 7.11 Å². The number of allylic oxidation sites excluding steroid dienone is 2. The van der Waals surface area contributed by atoms with Crippen LogP contribution in [-0.2, 0) is 11.2 Å². The lowest BCUT2D eigenvalue weighted by atomic mass is 9.59. The van der Waals surface area contributed by atoms with Crippen LogP contribution in [0.15, 0.2) is 23.8 Å². The highest BCUT2D eigenvalue weighted by Gasteiger charge is 2.50. The molecule has 22 heavy (non-hydrogen) atoms. The van der Waals surface area contributed by atoms with E-state index in [1.165, 1.54) is 22.3 Å². The van der Waals surface area contributed by atoms with Crippen LogP contribution in [0.5, 0.6) is 5.75 Å².